The smallest absolute Gasteiger partial charge is 0.431 e. The van der Waals surface area contributed by atoms with E-state index in [-0.39, 0.29) is 6.07 Å². The Hall–Kier alpha value is -1.93. The van der Waals surface area contributed by atoms with E-state index in [0.717, 1.165) is 7.11 Å². The Morgan fingerprint density at radius 3 is 2.42 bits per heavy atom. The molecule has 0 spiro atoms. The molecular formula is C10H8F5NO3. The van der Waals surface area contributed by atoms with Crippen LogP contribution < -0.4 is 5.43 Å². The summed E-state index contributed by atoms with van der Waals surface area (Å²) in [6, 6.07) is 0.0300. The van der Waals surface area contributed by atoms with Crippen LogP contribution in [0.5, 0.6) is 0 Å². The number of methoxy groups -OCH3 is 1. The summed E-state index contributed by atoms with van der Waals surface area (Å²) >= 11 is 0. The number of carbonyl (C=O) groups is 1. The second-order valence-electron chi connectivity index (χ2n) is 3.49. The Balaban J connectivity index is 3.42. The number of H-pyrrole nitrogens is 1. The summed E-state index contributed by atoms with van der Waals surface area (Å²) in [6.07, 6.45) is -9.09. The molecule has 1 aromatic rings. The fraction of sp³-hybridized carbons (Fsp3) is 0.400. The van der Waals surface area contributed by atoms with Crippen LogP contribution in [0.4, 0.5) is 22.0 Å². The van der Waals surface area contributed by atoms with Crippen LogP contribution in [0.25, 0.3) is 0 Å². The Bertz CT molecular complexity index is 535. The lowest BCUT2D eigenvalue weighted by atomic mass is 10.1. The Labute approximate surface area is 103 Å². The number of nitrogens with one attached hydrogen (secondary N) is 1. The molecule has 0 bridgehead atoms. The van der Waals surface area contributed by atoms with Crippen molar-refractivity contribution >= 4 is 5.97 Å². The van der Waals surface area contributed by atoms with Crippen LogP contribution in [0.3, 0.4) is 0 Å². The number of alkyl halides is 5. The largest absolute Gasteiger partial charge is 0.469 e. The van der Waals surface area contributed by atoms with E-state index in [2.05, 4.69) is 4.74 Å². The van der Waals surface area contributed by atoms with Gasteiger partial charge in [-0.2, -0.15) is 13.2 Å². The van der Waals surface area contributed by atoms with Crippen molar-refractivity contribution < 1.29 is 31.5 Å². The Morgan fingerprint density at radius 2 is 2.00 bits per heavy atom. The SMILES string of the molecule is COC(=O)Cc1[nH]c(C(F)(F)F)cc(=O)c1C(F)F. The number of halogens is 5. The molecule has 4 nitrogen and oxygen atoms in total. The van der Waals surface area contributed by atoms with Gasteiger partial charge >= 0.3 is 12.1 Å². The molecule has 1 N–H and O–H groups in total. The maximum Gasteiger partial charge on any atom is 0.431 e. The highest BCUT2D eigenvalue weighted by atomic mass is 19.4. The monoisotopic (exact) mass is 285 g/mol. The first-order chi connectivity index (χ1) is 8.66. The molecule has 0 aromatic carbocycles. The summed E-state index contributed by atoms with van der Waals surface area (Å²) in [7, 11) is 0.941. The lowest BCUT2D eigenvalue weighted by molar-refractivity contribution is -0.143. The zero-order valence-corrected chi connectivity index (χ0v) is 9.48. The molecule has 1 aromatic heterocycles. The molecule has 0 saturated heterocycles. The van der Waals surface area contributed by atoms with Gasteiger partial charge in [0.05, 0.1) is 19.1 Å². The van der Waals surface area contributed by atoms with E-state index in [9.17, 15) is 31.5 Å². The van der Waals surface area contributed by atoms with Crippen LogP contribution >= 0.6 is 0 Å². The topological polar surface area (TPSA) is 59.2 Å². The molecule has 1 heterocycles. The molecule has 0 amide bonds. The van der Waals surface area contributed by atoms with E-state index in [1.807, 2.05) is 0 Å². The maximum atomic E-state index is 12.6. The molecule has 0 radical (unpaired) electrons. The Morgan fingerprint density at radius 1 is 1.42 bits per heavy atom. The summed E-state index contributed by atoms with van der Waals surface area (Å²) in [5.74, 6) is -1.04. The van der Waals surface area contributed by atoms with E-state index in [1.54, 1.807) is 4.98 Å². The maximum absolute atomic E-state index is 12.6. The molecular weight excluding hydrogens is 277 g/mol. The number of aromatic amines is 1. The number of carbonyl (C=O) groups excluding carboxylic acids is 1. The molecule has 1 rings (SSSR count). The summed E-state index contributed by atoms with van der Waals surface area (Å²) in [4.78, 5) is 23.9. The van der Waals surface area contributed by atoms with Gasteiger partial charge in [-0.3, -0.25) is 9.59 Å². The molecule has 0 saturated carbocycles. The average Bonchev–Trinajstić information content (AvgIpc) is 2.26. The zero-order chi connectivity index (χ0) is 14.8. The van der Waals surface area contributed by atoms with Crippen molar-refractivity contribution in [3.63, 3.8) is 0 Å². The third-order valence-electron chi connectivity index (χ3n) is 2.22. The molecule has 0 aliphatic carbocycles. The highest BCUT2D eigenvalue weighted by molar-refractivity contribution is 5.72. The molecule has 0 fully saturated rings. The summed E-state index contributed by atoms with van der Waals surface area (Å²) in [6.45, 7) is 0. The highest BCUT2D eigenvalue weighted by Crippen LogP contribution is 2.28. The third-order valence-corrected chi connectivity index (χ3v) is 2.22. The third kappa shape index (κ3) is 3.52. The molecule has 0 aliphatic rings. The van der Waals surface area contributed by atoms with Crippen molar-refractivity contribution in [1.29, 1.82) is 0 Å². The van der Waals surface area contributed by atoms with E-state index < -0.39 is 47.4 Å². The first kappa shape index (κ1) is 15.1. The zero-order valence-electron chi connectivity index (χ0n) is 9.48. The molecule has 0 unspecified atom stereocenters. The van der Waals surface area contributed by atoms with Crippen molar-refractivity contribution in [2.45, 2.75) is 19.0 Å². The van der Waals surface area contributed by atoms with Gasteiger partial charge in [-0.25, -0.2) is 8.78 Å². The molecule has 19 heavy (non-hydrogen) atoms. The number of rotatable bonds is 3. The minimum absolute atomic E-state index is 0.0300. The summed E-state index contributed by atoms with van der Waals surface area (Å²) < 4.78 is 66.7. The molecule has 106 valence electrons. The minimum atomic E-state index is -4.91. The molecule has 0 aliphatic heterocycles. The predicted molar refractivity (Wildman–Crippen MR) is 52.7 cm³/mol. The van der Waals surface area contributed by atoms with Crippen LogP contribution in [0.1, 0.15) is 23.4 Å². The predicted octanol–water partition coefficient (Wildman–Crippen LogP) is 2.05. The lowest BCUT2D eigenvalue weighted by Gasteiger charge is -2.12. The van der Waals surface area contributed by atoms with Gasteiger partial charge in [0.1, 0.15) is 5.69 Å². The number of ether oxygens (including phenoxy) is 1. The van der Waals surface area contributed by atoms with Crippen LogP contribution in [0.2, 0.25) is 0 Å². The van der Waals surface area contributed by atoms with Gasteiger partial charge in [0.15, 0.2) is 5.43 Å². The van der Waals surface area contributed by atoms with Crippen molar-refractivity contribution in [2.75, 3.05) is 7.11 Å². The number of esters is 1. The normalized spacial score (nSPS) is 11.7. The summed E-state index contributed by atoms with van der Waals surface area (Å²) in [5, 5.41) is 0. The standard InChI is InChI=1S/C10H8F5NO3/c1-19-7(18)2-4-8(9(11)12)5(17)3-6(16-4)10(13,14)15/h3,9H,2H2,1H3,(H,16,17). The quantitative estimate of drug-likeness (QED) is 0.683. The van der Waals surface area contributed by atoms with Crippen LogP contribution in [-0.4, -0.2) is 18.1 Å². The first-order valence-corrected chi connectivity index (χ1v) is 4.85. The second kappa shape index (κ2) is 5.37. The van der Waals surface area contributed by atoms with Gasteiger partial charge in [-0.15, -0.1) is 0 Å². The molecule has 9 heteroatoms. The number of aromatic nitrogens is 1. The van der Waals surface area contributed by atoms with Crippen LogP contribution in [0.15, 0.2) is 10.9 Å². The number of pyridine rings is 1. The van der Waals surface area contributed by atoms with E-state index >= 15 is 0 Å². The van der Waals surface area contributed by atoms with Gasteiger partial charge in [0.25, 0.3) is 6.43 Å². The van der Waals surface area contributed by atoms with Gasteiger partial charge in [-0.05, 0) is 0 Å². The summed E-state index contributed by atoms with van der Waals surface area (Å²) in [5.41, 5.74) is -4.96. The van der Waals surface area contributed by atoms with Gasteiger partial charge in [0, 0.05) is 11.8 Å². The van der Waals surface area contributed by atoms with E-state index in [1.165, 1.54) is 0 Å². The van der Waals surface area contributed by atoms with Crippen LogP contribution in [-0.2, 0) is 22.1 Å². The fourth-order valence-electron chi connectivity index (χ4n) is 1.37. The fourth-order valence-corrected chi connectivity index (χ4v) is 1.37. The van der Waals surface area contributed by atoms with Crippen molar-refractivity contribution in [3.05, 3.63) is 33.2 Å². The average molecular weight is 285 g/mol. The van der Waals surface area contributed by atoms with Gasteiger partial charge < -0.3 is 9.72 Å². The number of hydrogen-bond acceptors (Lipinski definition) is 3. The van der Waals surface area contributed by atoms with Crippen LogP contribution in [0, 0.1) is 0 Å². The lowest BCUT2D eigenvalue weighted by Crippen LogP contribution is -2.22. The Kier molecular flexibility index (Phi) is 4.28. The van der Waals surface area contributed by atoms with Crippen molar-refractivity contribution in [2.24, 2.45) is 0 Å². The van der Waals surface area contributed by atoms with Gasteiger partial charge in [-0.1, -0.05) is 0 Å². The first-order valence-electron chi connectivity index (χ1n) is 4.85. The van der Waals surface area contributed by atoms with E-state index in [0.29, 0.717) is 0 Å². The highest BCUT2D eigenvalue weighted by Gasteiger charge is 2.34. The number of hydrogen-bond donors (Lipinski definition) is 1. The molecule has 0 atom stereocenters. The minimum Gasteiger partial charge on any atom is -0.469 e. The van der Waals surface area contributed by atoms with Crippen molar-refractivity contribution in [1.82, 2.24) is 4.98 Å². The van der Waals surface area contributed by atoms with Crippen molar-refractivity contribution in [3.8, 4) is 0 Å². The van der Waals surface area contributed by atoms with E-state index in [4.69, 9.17) is 0 Å². The van der Waals surface area contributed by atoms with Gasteiger partial charge in [0.2, 0.25) is 0 Å². The second-order valence-corrected chi connectivity index (χ2v) is 3.49.